The molecule has 0 amide bonds. The molecule has 1 fully saturated rings. The fourth-order valence-corrected chi connectivity index (χ4v) is 3.33. The van der Waals surface area contributed by atoms with Crippen molar-refractivity contribution in [3.63, 3.8) is 0 Å². The van der Waals surface area contributed by atoms with Crippen LogP contribution in [-0.4, -0.2) is 12.2 Å². The number of hydrogen-bond acceptors (Lipinski definition) is 2. The van der Waals surface area contributed by atoms with Crippen LogP contribution < -0.4 is 5.73 Å². The van der Waals surface area contributed by atoms with Crippen molar-refractivity contribution in [3.05, 3.63) is 35.4 Å². The van der Waals surface area contributed by atoms with Gasteiger partial charge in [0.1, 0.15) is 0 Å². The lowest BCUT2D eigenvalue weighted by atomic mass is 9.93. The maximum absolute atomic E-state index is 6.35. The molecule has 2 heteroatoms. The summed E-state index contributed by atoms with van der Waals surface area (Å²) >= 11 is 0. The van der Waals surface area contributed by atoms with Gasteiger partial charge in [-0.2, -0.15) is 0 Å². The molecule has 2 N–H and O–H groups in total. The summed E-state index contributed by atoms with van der Waals surface area (Å²) in [5, 5.41) is 0. The van der Waals surface area contributed by atoms with Crippen LogP contribution in [0, 0.1) is 5.92 Å². The summed E-state index contributed by atoms with van der Waals surface area (Å²) in [5.74, 6) is 0.572. The summed E-state index contributed by atoms with van der Waals surface area (Å²) < 4.78 is 5.91. The van der Waals surface area contributed by atoms with Crippen LogP contribution in [0.2, 0.25) is 0 Å². The van der Waals surface area contributed by atoms with Crippen LogP contribution in [-0.2, 0) is 11.2 Å². The number of rotatable bonds is 2. The fraction of sp³-hybridized carbons (Fsp3) is 0.600. The van der Waals surface area contributed by atoms with Gasteiger partial charge in [-0.15, -0.1) is 0 Å². The molecule has 1 aromatic carbocycles. The second kappa shape index (κ2) is 4.43. The molecule has 0 bridgehead atoms. The Hall–Kier alpha value is -0.860. The van der Waals surface area contributed by atoms with Gasteiger partial charge in [0.2, 0.25) is 0 Å². The maximum Gasteiger partial charge on any atom is 0.0583 e. The molecular weight excluding hydrogens is 210 g/mol. The Labute approximate surface area is 103 Å². The molecule has 1 saturated heterocycles. The molecule has 4 unspecified atom stereocenters. The molecular formula is C15H21NO. The Morgan fingerprint density at radius 2 is 2.12 bits per heavy atom. The van der Waals surface area contributed by atoms with Gasteiger partial charge >= 0.3 is 0 Å². The van der Waals surface area contributed by atoms with E-state index in [2.05, 4.69) is 31.2 Å². The van der Waals surface area contributed by atoms with E-state index in [0.717, 1.165) is 12.8 Å². The first kappa shape index (κ1) is 11.2. The molecule has 0 aromatic heterocycles. The van der Waals surface area contributed by atoms with E-state index in [0.29, 0.717) is 18.1 Å². The number of nitrogens with two attached hydrogens (primary N) is 1. The van der Waals surface area contributed by atoms with Crippen LogP contribution in [0.25, 0.3) is 0 Å². The molecule has 2 nitrogen and oxygen atoms in total. The SMILES string of the molecule is CC1CCC(CC2Cc3ccccc3C2N)O1. The normalized spacial score (nSPS) is 36.1. The Morgan fingerprint density at radius 1 is 1.29 bits per heavy atom. The highest BCUT2D eigenvalue weighted by Gasteiger charge is 2.33. The van der Waals surface area contributed by atoms with Gasteiger partial charge in [-0.25, -0.2) is 0 Å². The number of ether oxygens (including phenoxy) is 1. The number of fused-ring (bicyclic) bond motifs is 1. The fourth-order valence-electron chi connectivity index (χ4n) is 3.33. The lowest BCUT2D eigenvalue weighted by Crippen LogP contribution is -2.22. The van der Waals surface area contributed by atoms with Crippen molar-refractivity contribution in [1.82, 2.24) is 0 Å². The largest absolute Gasteiger partial charge is 0.375 e. The molecule has 17 heavy (non-hydrogen) atoms. The molecule has 1 aliphatic heterocycles. The van der Waals surface area contributed by atoms with Crippen molar-refractivity contribution in [2.45, 2.75) is 50.9 Å². The molecule has 1 aliphatic carbocycles. The van der Waals surface area contributed by atoms with Crippen LogP contribution in [0.5, 0.6) is 0 Å². The van der Waals surface area contributed by atoms with Crippen LogP contribution in [0.15, 0.2) is 24.3 Å². The average molecular weight is 231 g/mol. The molecule has 0 spiro atoms. The van der Waals surface area contributed by atoms with E-state index in [9.17, 15) is 0 Å². The maximum atomic E-state index is 6.35. The number of benzene rings is 1. The first-order chi connectivity index (χ1) is 8.24. The zero-order valence-electron chi connectivity index (χ0n) is 10.4. The van der Waals surface area contributed by atoms with Crippen molar-refractivity contribution in [3.8, 4) is 0 Å². The first-order valence-electron chi connectivity index (χ1n) is 6.73. The summed E-state index contributed by atoms with van der Waals surface area (Å²) in [5.41, 5.74) is 9.14. The lowest BCUT2D eigenvalue weighted by Gasteiger charge is -2.20. The third-order valence-electron chi connectivity index (χ3n) is 4.29. The summed E-state index contributed by atoms with van der Waals surface area (Å²) in [6, 6.07) is 8.81. The van der Waals surface area contributed by atoms with Crippen molar-refractivity contribution in [1.29, 1.82) is 0 Å². The Kier molecular flexibility index (Phi) is 2.93. The monoisotopic (exact) mass is 231 g/mol. The third kappa shape index (κ3) is 2.12. The van der Waals surface area contributed by atoms with E-state index < -0.39 is 0 Å². The summed E-state index contributed by atoms with van der Waals surface area (Å²) in [4.78, 5) is 0. The summed E-state index contributed by atoms with van der Waals surface area (Å²) in [7, 11) is 0. The molecule has 1 aromatic rings. The lowest BCUT2D eigenvalue weighted by molar-refractivity contribution is 0.0394. The van der Waals surface area contributed by atoms with E-state index in [1.165, 1.54) is 24.0 Å². The van der Waals surface area contributed by atoms with Gasteiger partial charge in [0.25, 0.3) is 0 Å². The quantitative estimate of drug-likeness (QED) is 0.849. The highest BCUT2D eigenvalue weighted by molar-refractivity contribution is 5.35. The van der Waals surface area contributed by atoms with Crippen molar-refractivity contribution >= 4 is 0 Å². The minimum Gasteiger partial charge on any atom is -0.375 e. The van der Waals surface area contributed by atoms with Crippen molar-refractivity contribution in [2.24, 2.45) is 11.7 Å². The molecule has 92 valence electrons. The summed E-state index contributed by atoms with van der Waals surface area (Å²) in [6.45, 7) is 2.17. The predicted molar refractivity (Wildman–Crippen MR) is 68.8 cm³/mol. The minimum atomic E-state index is 0.214. The van der Waals surface area contributed by atoms with Gasteiger partial charge in [-0.3, -0.25) is 0 Å². The topological polar surface area (TPSA) is 35.2 Å². The van der Waals surface area contributed by atoms with Gasteiger partial charge in [-0.05, 0) is 49.7 Å². The van der Waals surface area contributed by atoms with E-state index in [1.54, 1.807) is 0 Å². The zero-order valence-corrected chi connectivity index (χ0v) is 10.4. The highest BCUT2D eigenvalue weighted by Crippen LogP contribution is 2.38. The van der Waals surface area contributed by atoms with E-state index in [4.69, 9.17) is 10.5 Å². The molecule has 0 radical (unpaired) electrons. The third-order valence-corrected chi connectivity index (χ3v) is 4.29. The van der Waals surface area contributed by atoms with Gasteiger partial charge in [0.05, 0.1) is 12.2 Å². The Morgan fingerprint density at radius 3 is 2.82 bits per heavy atom. The highest BCUT2D eigenvalue weighted by atomic mass is 16.5. The van der Waals surface area contributed by atoms with Gasteiger partial charge in [0, 0.05) is 6.04 Å². The smallest absolute Gasteiger partial charge is 0.0583 e. The van der Waals surface area contributed by atoms with Crippen LogP contribution >= 0.6 is 0 Å². The zero-order chi connectivity index (χ0) is 11.8. The van der Waals surface area contributed by atoms with Crippen LogP contribution in [0.3, 0.4) is 0 Å². The standard InChI is InChI=1S/C15H21NO/c1-10-6-7-13(17-10)9-12-8-11-4-2-3-5-14(11)15(12)16/h2-5,10,12-13,15H,6-9,16H2,1H3. The molecule has 2 aliphatic rings. The van der Waals surface area contributed by atoms with Gasteiger partial charge in [0.15, 0.2) is 0 Å². The second-order valence-electron chi connectivity index (χ2n) is 5.57. The average Bonchev–Trinajstić information content (AvgIpc) is 2.86. The van der Waals surface area contributed by atoms with E-state index >= 15 is 0 Å². The second-order valence-corrected chi connectivity index (χ2v) is 5.57. The number of hydrogen-bond donors (Lipinski definition) is 1. The van der Waals surface area contributed by atoms with Crippen molar-refractivity contribution in [2.75, 3.05) is 0 Å². The first-order valence-corrected chi connectivity index (χ1v) is 6.73. The van der Waals surface area contributed by atoms with Crippen LogP contribution in [0.1, 0.15) is 43.4 Å². The molecule has 4 atom stereocenters. The van der Waals surface area contributed by atoms with Crippen molar-refractivity contribution < 1.29 is 4.74 Å². The Bertz CT molecular complexity index is 404. The predicted octanol–water partition coefficient (Wildman–Crippen LogP) is 2.82. The minimum absolute atomic E-state index is 0.214. The van der Waals surface area contributed by atoms with Gasteiger partial charge < -0.3 is 10.5 Å². The molecule has 1 heterocycles. The van der Waals surface area contributed by atoms with Gasteiger partial charge in [-0.1, -0.05) is 24.3 Å². The molecule has 0 saturated carbocycles. The summed E-state index contributed by atoms with van der Waals surface area (Å²) in [6.07, 6.45) is 5.56. The van der Waals surface area contributed by atoms with E-state index in [1.807, 2.05) is 0 Å². The molecule has 3 rings (SSSR count). The Balaban J connectivity index is 1.68. The van der Waals surface area contributed by atoms with E-state index in [-0.39, 0.29) is 6.04 Å². The van der Waals surface area contributed by atoms with Crippen LogP contribution in [0.4, 0.5) is 0 Å².